The van der Waals surface area contributed by atoms with Crippen LogP contribution >= 0.6 is 23.2 Å². The zero-order valence-electron chi connectivity index (χ0n) is 10.1. The summed E-state index contributed by atoms with van der Waals surface area (Å²) in [5, 5.41) is 9.53. The lowest BCUT2D eigenvalue weighted by Gasteiger charge is -2.11. The maximum absolute atomic E-state index is 13.0. The van der Waals surface area contributed by atoms with Gasteiger partial charge in [-0.1, -0.05) is 41.4 Å². The predicted molar refractivity (Wildman–Crippen MR) is 75.5 cm³/mol. The Morgan fingerprint density at radius 3 is 2.45 bits per heavy atom. The van der Waals surface area contributed by atoms with E-state index in [4.69, 9.17) is 23.2 Å². The highest BCUT2D eigenvalue weighted by atomic mass is 35.5. The molecule has 0 aliphatic carbocycles. The van der Waals surface area contributed by atoms with Gasteiger partial charge in [-0.15, -0.1) is 0 Å². The van der Waals surface area contributed by atoms with Crippen LogP contribution in [0.3, 0.4) is 0 Å². The van der Waals surface area contributed by atoms with Crippen LogP contribution in [-0.4, -0.2) is 5.78 Å². The number of hydrogen-bond donors (Lipinski definition) is 0. The molecule has 1 unspecified atom stereocenters. The molecule has 0 bridgehead atoms. The number of carbonyl (C=O) groups excluding carboxylic acids is 1. The monoisotopic (exact) mass is 307 g/mol. The minimum atomic E-state index is -1.12. The summed E-state index contributed by atoms with van der Waals surface area (Å²) in [7, 11) is 0. The molecule has 0 saturated carbocycles. The van der Waals surface area contributed by atoms with Crippen molar-refractivity contribution >= 4 is 29.0 Å². The number of ketones is 1. The molecule has 0 N–H and O–H groups in total. The average Bonchev–Trinajstić information content (AvgIpc) is 2.42. The maximum atomic E-state index is 13.0. The van der Waals surface area contributed by atoms with Gasteiger partial charge in [0.05, 0.1) is 11.1 Å². The number of nitrogens with zero attached hydrogens (tertiary/aromatic N) is 1. The largest absolute Gasteiger partial charge is 0.292 e. The van der Waals surface area contributed by atoms with Gasteiger partial charge in [-0.25, -0.2) is 4.39 Å². The van der Waals surface area contributed by atoms with E-state index in [1.165, 1.54) is 12.1 Å². The third-order valence-corrected chi connectivity index (χ3v) is 3.46. The second-order valence-corrected chi connectivity index (χ2v) is 4.89. The van der Waals surface area contributed by atoms with E-state index < -0.39 is 17.5 Å². The van der Waals surface area contributed by atoms with E-state index in [1.807, 2.05) is 6.07 Å². The van der Waals surface area contributed by atoms with Crippen LogP contribution in [0, 0.1) is 17.1 Å². The molecule has 0 amide bonds. The van der Waals surface area contributed by atoms with Gasteiger partial charge in [-0.3, -0.25) is 4.79 Å². The molecule has 0 fully saturated rings. The molecule has 5 heteroatoms. The lowest BCUT2D eigenvalue weighted by molar-refractivity contribution is 0.0979. The third kappa shape index (κ3) is 2.82. The zero-order valence-corrected chi connectivity index (χ0v) is 11.6. The van der Waals surface area contributed by atoms with Gasteiger partial charge in [-0.2, -0.15) is 5.26 Å². The second kappa shape index (κ2) is 6.04. The molecule has 0 aliphatic rings. The molecular weight excluding hydrogens is 300 g/mol. The molecular formula is C15H8Cl2FNO. The summed E-state index contributed by atoms with van der Waals surface area (Å²) in [6, 6.07) is 11.9. The van der Waals surface area contributed by atoms with Crippen molar-refractivity contribution in [1.82, 2.24) is 0 Å². The lowest BCUT2D eigenvalue weighted by atomic mass is 9.92. The first-order valence-electron chi connectivity index (χ1n) is 5.68. The van der Waals surface area contributed by atoms with Crippen LogP contribution in [0.15, 0.2) is 42.5 Å². The number of carbonyl (C=O) groups is 1. The molecule has 2 rings (SSSR count). The lowest BCUT2D eigenvalue weighted by Crippen LogP contribution is -2.12. The minimum Gasteiger partial charge on any atom is -0.292 e. The number of hydrogen-bond acceptors (Lipinski definition) is 2. The third-order valence-electron chi connectivity index (χ3n) is 2.80. The number of halogens is 3. The molecule has 0 heterocycles. The van der Waals surface area contributed by atoms with Crippen molar-refractivity contribution in [2.45, 2.75) is 5.92 Å². The molecule has 0 aliphatic heterocycles. The summed E-state index contributed by atoms with van der Waals surface area (Å²) in [6.45, 7) is 0. The SMILES string of the molecule is N#CC(C(=O)c1ccccc1Cl)c1ccc(F)cc1Cl. The van der Waals surface area contributed by atoms with Crippen LogP contribution in [0.1, 0.15) is 21.8 Å². The number of rotatable bonds is 3. The fraction of sp³-hybridized carbons (Fsp3) is 0.0667. The Bertz CT molecular complexity index is 709. The Balaban J connectivity index is 2.46. The van der Waals surface area contributed by atoms with Crippen molar-refractivity contribution in [3.63, 3.8) is 0 Å². The molecule has 0 spiro atoms. The van der Waals surface area contributed by atoms with E-state index in [2.05, 4.69) is 0 Å². The highest BCUT2D eigenvalue weighted by Gasteiger charge is 2.25. The minimum absolute atomic E-state index is 0.0388. The van der Waals surface area contributed by atoms with Crippen molar-refractivity contribution < 1.29 is 9.18 Å². The molecule has 100 valence electrons. The van der Waals surface area contributed by atoms with E-state index in [0.717, 1.165) is 12.1 Å². The number of nitriles is 1. The van der Waals surface area contributed by atoms with Crippen LogP contribution in [0.5, 0.6) is 0 Å². The topological polar surface area (TPSA) is 40.9 Å². The Hall–Kier alpha value is -1.89. The first-order valence-corrected chi connectivity index (χ1v) is 6.43. The van der Waals surface area contributed by atoms with Gasteiger partial charge >= 0.3 is 0 Å². The van der Waals surface area contributed by atoms with Gasteiger partial charge in [0.25, 0.3) is 0 Å². The van der Waals surface area contributed by atoms with Crippen LogP contribution in [0.25, 0.3) is 0 Å². The molecule has 0 saturated heterocycles. The van der Waals surface area contributed by atoms with E-state index in [0.29, 0.717) is 0 Å². The zero-order chi connectivity index (χ0) is 14.7. The van der Waals surface area contributed by atoms with Crippen LogP contribution in [0.2, 0.25) is 10.0 Å². The fourth-order valence-electron chi connectivity index (χ4n) is 1.82. The summed E-state index contributed by atoms with van der Waals surface area (Å²) in [5.74, 6) is -2.12. The van der Waals surface area contributed by atoms with Gasteiger partial charge in [0, 0.05) is 10.6 Å². The Labute approximate surface area is 125 Å². The smallest absolute Gasteiger partial charge is 0.186 e. The van der Waals surface area contributed by atoms with Crippen LogP contribution in [0.4, 0.5) is 4.39 Å². The molecule has 2 aromatic carbocycles. The summed E-state index contributed by atoms with van der Waals surface area (Å²) in [6.07, 6.45) is 0. The van der Waals surface area contributed by atoms with Crippen molar-refractivity contribution in [2.24, 2.45) is 0 Å². The molecule has 20 heavy (non-hydrogen) atoms. The van der Waals surface area contributed by atoms with Gasteiger partial charge in [0.1, 0.15) is 11.7 Å². The van der Waals surface area contributed by atoms with E-state index in [9.17, 15) is 14.4 Å². The normalized spacial score (nSPS) is 11.7. The summed E-state index contributed by atoms with van der Waals surface area (Å²) < 4.78 is 13.0. The van der Waals surface area contributed by atoms with E-state index >= 15 is 0 Å². The quantitative estimate of drug-likeness (QED) is 0.776. The van der Waals surface area contributed by atoms with E-state index in [-0.39, 0.29) is 21.2 Å². The highest BCUT2D eigenvalue weighted by Crippen LogP contribution is 2.29. The maximum Gasteiger partial charge on any atom is 0.186 e. The molecule has 0 radical (unpaired) electrons. The fourth-order valence-corrected chi connectivity index (χ4v) is 2.33. The molecule has 1 atom stereocenters. The van der Waals surface area contributed by atoms with Crippen molar-refractivity contribution in [1.29, 1.82) is 5.26 Å². The highest BCUT2D eigenvalue weighted by molar-refractivity contribution is 6.35. The second-order valence-electron chi connectivity index (χ2n) is 4.07. The van der Waals surface area contributed by atoms with Crippen molar-refractivity contribution in [3.05, 3.63) is 69.5 Å². The van der Waals surface area contributed by atoms with E-state index in [1.54, 1.807) is 18.2 Å². The summed E-state index contributed by atoms with van der Waals surface area (Å²) in [4.78, 5) is 12.4. The Morgan fingerprint density at radius 2 is 1.85 bits per heavy atom. The van der Waals surface area contributed by atoms with Gasteiger partial charge < -0.3 is 0 Å². The predicted octanol–water partition coefficient (Wildman–Crippen LogP) is 4.62. The average molecular weight is 308 g/mol. The van der Waals surface area contributed by atoms with Crippen LogP contribution in [-0.2, 0) is 0 Å². The van der Waals surface area contributed by atoms with Crippen molar-refractivity contribution in [3.8, 4) is 6.07 Å². The standard InChI is InChI=1S/C15H8Cl2FNO/c16-13-4-2-1-3-11(13)15(20)12(8-19)10-6-5-9(18)7-14(10)17/h1-7,12H. The van der Waals surface area contributed by atoms with Gasteiger partial charge in [0.15, 0.2) is 5.78 Å². The first kappa shape index (κ1) is 14.5. The first-order chi connectivity index (χ1) is 9.54. The van der Waals surface area contributed by atoms with Crippen LogP contribution < -0.4 is 0 Å². The van der Waals surface area contributed by atoms with Gasteiger partial charge in [0.2, 0.25) is 0 Å². The van der Waals surface area contributed by atoms with Gasteiger partial charge in [-0.05, 0) is 29.8 Å². The Morgan fingerprint density at radius 1 is 1.15 bits per heavy atom. The molecule has 0 aromatic heterocycles. The van der Waals surface area contributed by atoms with Crippen molar-refractivity contribution in [2.75, 3.05) is 0 Å². The Kier molecular flexibility index (Phi) is 4.39. The number of benzene rings is 2. The summed E-state index contributed by atoms with van der Waals surface area (Å²) >= 11 is 11.8. The molecule has 2 aromatic rings. The number of Topliss-reactive ketones (excluding diaryl/α,β-unsaturated/α-hetero) is 1. The molecule has 2 nitrogen and oxygen atoms in total. The summed E-state index contributed by atoms with van der Waals surface area (Å²) in [5.41, 5.74) is 0.501.